The molecule has 0 amide bonds. The highest BCUT2D eigenvalue weighted by Crippen LogP contribution is 2.45. The topological polar surface area (TPSA) is 52.6 Å². The number of hydrogen-bond donors (Lipinski definition) is 0. The van der Waals surface area contributed by atoms with Crippen LogP contribution in [0.15, 0.2) is 60.7 Å². The van der Waals surface area contributed by atoms with Crippen LogP contribution in [0.5, 0.6) is 0 Å². The molecule has 30 heavy (non-hydrogen) atoms. The zero-order valence-electron chi connectivity index (χ0n) is 18.2. The Hall–Kier alpha value is -1.69. The summed E-state index contributed by atoms with van der Waals surface area (Å²) in [5.74, 6) is -1.02. The Morgan fingerprint density at radius 3 is 1.47 bits per heavy atom. The van der Waals surface area contributed by atoms with E-state index in [9.17, 15) is 8.42 Å². The van der Waals surface area contributed by atoms with E-state index in [0.717, 1.165) is 11.1 Å². The van der Waals surface area contributed by atoms with Gasteiger partial charge in [0, 0.05) is 11.8 Å². The third-order valence-electron chi connectivity index (χ3n) is 6.78. The van der Waals surface area contributed by atoms with Crippen molar-refractivity contribution in [2.45, 2.75) is 69.0 Å². The second-order valence-corrected chi connectivity index (χ2v) is 11.7. The van der Waals surface area contributed by atoms with Crippen LogP contribution < -0.4 is 0 Å². The largest absolute Gasteiger partial charge is 0.344 e. The van der Waals surface area contributed by atoms with Crippen molar-refractivity contribution in [2.75, 3.05) is 0 Å². The second kappa shape index (κ2) is 8.10. The van der Waals surface area contributed by atoms with Crippen LogP contribution in [0.2, 0.25) is 0 Å². The molecule has 0 spiro atoms. The molecule has 0 aromatic heterocycles. The highest BCUT2D eigenvalue weighted by molar-refractivity contribution is 7.92. The minimum Gasteiger partial charge on any atom is -0.344 e. The van der Waals surface area contributed by atoms with Crippen molar-refractivity contribution in [1.82, 2.24) is 0 Å². The average molecular weight is 429 g/mol. The minimum absolute atomic E-state index is 0.162. The molecule has 0 radical (unpaired) electrons. The summed E-state index contributed by atoms with van der Waals surface area (Å²) in [5.41, 5.74) is 2.08. The van der Waals surface area contributed by atoms with E-state index in [1.807, 2.05) is 88.4 Å². The molecule has 0 bridgehead atoms. The fourth-order valence-electron chi connectivity index (χ4n) is 5.17. The van der Waals surface area contributed by atoms with Gasteiger partial charge < -0.3 is 9.47 Å². The third kappa shape index (κ3) is 4.08. The Morgan fingerprint density at radius 2 is 1.10 bits per heavy atom. The quantitative estimate of drug-likeness (QED) is 0.723. The smallest absolute Gasteiger partial charge is 0.163 e. The first-order valence-electron chi connectivity index (χ1n) is 10.9. The molecule has 2 fully saturated rings. The summed E-state index contributed by atoms with van der Waals surface area (Å²) in [6, 6.07) is 19.8. The van der Waals surface area contributed by atoms with E-state index in [4.69, 9.17) is 9.47 Å². The number of rotatable bonds is 4. The molecule has 0 saturated carbocycles. The SMILES string of the molecule is CC1C2OC(C)(C)OC2C(C)C(Cc2ccccc2)S(=O)(=O)C1Cc1ccccc1. The molecule has 4 nitrogen and oxygen atoms in total. The van der Waals surface area contributed by atoms with Crippen molar-refractivity contribution in [3.8, 4) is 0 Å². The Balaban J connectivity index is 1.76. The molecule has 2 aliphatic heterocycles. The molecular weight excluding hydrogens is 396 g/mol. The molecule has 4 rings (SSSR count). The number of ether oxygens (including phenoxy) is 2. The Bertz CT molecular complexity index is 884. The summed E-state index contributed by atoms with van der Waals surface area (Å²) in [6.07, 6.45) is 0.517. The van der Waals surface area contributed by atoms with Crippen LogP contribution in [-0.4, -0.2) is 36.9 Å². The van der Waals surface area contributed by atoms with Gasteiger partial charge in [-0.3, -0.25) is 0 Å². The maximum absolute atomic E-state index is 14.0. The number of benzene rings is 2. The number of fused-ring (bicyclic) bond motifs is 1. The van der Waals surface area contributed by atoms with Gasteiger partial charge in [0.15, 0.2) is 15.6 Å². The Kier molecular flexibility index (Phi) is 5.82. The Morgan fingerprint density at radius 1 is 0.733 bits per heavy atom. The summed E-state index contributed by atoms with van der Waals surface area (Å²) in [6.45, 7) is 7.89. The summed E-state index contributed by atoms with van der Waals surface area (Å²) in [7, 11) is -3.43. The van der Waals surface area contributed by atoms with E-state index in [1.54, 1.807) is 0 Å². The number of hydrogen-bond acceptors (Lipinski definition) is 4. The molecule has 2 aromatic carbocycles. The predicted octanol–water partition coefficient (Wildman–Crippen LogP) is 4.43. The maximum atomic E-state index is 14.0. The summed E-state index contributed by atoms with van der Waals surface area (Å²) >= 11 is 0. The molecule has 2 saturated heterocycles. The lowest BCUT2D eigenvalue weighted by atomic mass is 9.86. The first kappa shape index (κ1) is 21.5. The first-order valence-corrected chi connectivity index (χ1v) is 12.5. The van der Waals surface area contributed by atoms with Crippen molar-refractivity contribution in [3.05, 3.63) is 71.8 Å². The monoisotopic (exact) mass is 428 g/mol. The minimum atomic E-state index is -3.43. The molecule has 2 aromatic rings. The molecule has 6 unspecified atom stereocenters. The van der Waals surface area contributed by atoms with Crippen LogP contribution in [0.1, 0.15) is 38.8 Å². The van der Waals surface area contributed by atoms with Gasteiger partial charge in [-0.15, -0.1) is 0 Å². The normalized spacial score (nSPS) is 34.8. The molecule has 0 N–H and O–H groups in total. The lowest BCUT2D eigenvalue weighted by Crippen LogP contribution is -2.42. The fraction of sp³-hybridized carbons (Fsp3) is 0.520. The lowest BCUT2D eigenvalue weighted by molar-refractivity contribution is -0.153. The second-order valence-electron chi connectivity index (χ2n) is 9.33. The van der Waals surface area contributed by atoms with Crippen molar-refractivity contribution in [1.29, 1.82) is 0 Å². The van der Waals surface area contributed by atoms with E-state index >= 15 is 0 Å². The maximum Gasteiger partial charge on any atom is 0.163 e. The van der Waals surface area contributed by atoms with Crippen LogP contribution in [0.3, 0.4) is 0 Å². The average Bonchev–Trinajstić information content (AvgIpc) is 3.04. The van der Waals surface area contributed by atoms with Crippen LogP contribution >= 0.6 is 0 Å². The predicted molar refractivity (Wildman–Crippen MR) is 119 cm³/mol. The molecule has 6 atom stereocenters. The molecule has 5 heteroatoms. The summed E-state index contributed by atoms with van der Waals surface area (Å²) in [5, 5.41) is -1.02. The fourth-order valence-corrected chi connectivity index (χ4v) is 7.98. The zero-order chi connectivity index (χ0) is 21.5. The van der Waals surface area contributed by atoms with E-state index in [2.05, 4.69) is 0 Å². The zero-order valence-corrected chi connectivity index (χ0v) is 19.0. The highest BCUT2D eigenvalue weighted by atomic mass is 32.2. The van der Waals surface area contributed by atoms with Gasteiger partial charge in [-0.05, 0) is 37.8 Å². The molecule has 0 aliphatic carbocycles. The van der Waals surface area contributed by atoms with Gasteiger partial charge in [0.2, 0.25) is 0 Å². The van der Waals surface area contributed by atoms with Gasteiger partial charge >= 0.3 is 0 Å². The van der Waals surface area contributed by atoms with Gasteiger partial charge in [0.1, 0.15) is 0 Å². The van der Waals surface area contributed by atoms with Crippen LogP contribution in [-0.2, 0) is 32.2 Å². The van der Waals surface area contributed by atoms with Crippen molar-refractivity contribution >= 4 is 9.84 Å². The standard InChI is InChI=1S/C25H32O4S/c1-17-21(15-19-11-7-5-8-12-19)30(26,27)22(16-20-13-9-6-10-14-20)18(2)24-23(17)28-25(3,4)29-24/h5-14,17-18,21-24H,15-16H2,1-4H3. The van der Waals surface area contributed by atoms with Gasteiger partial charge in [-0.2, -0.15) is 0 Å². The van der Waals surface area contributed by atoms with E-state index in [-0.39, 0.29) is 24.0 Å². The third-order valence-corrected chi connectivity index (χ3v) is 9.66. The van der Waals surface area contributed by atoms with Gasteiger partial charge in [-0.1, -0.05) is 74.5 Å². The van der Waals surface area contributed by atoms with Crippen LogP contribution in [0.25, 0.3) is 0 Å². The van der Waals surface area contributed by atoms with E-state index < -0.39 is 26.1 Å². The van der Waals surface area contributed by atoms with Crippen molar-refractivity contribution in [2.24, 2.45) is 11.8 Å². The number of sulfone groups is 1. The van der Waals surface area contributed by atoms with E-state index in [0.29, 0.717) is 12.8 Å². The van der Waals surface area contributed by atoms with Crippen LogP contribution in [0, 0.1) is 11.8 Å². The van der Waals surface area contributed by atoms with Gasteiger partial charge in [0.05, 0.1) is 22.7 Å². The summed E-state index contributed by atoms with van der Waals surface area (Å²) in [4.78, 5) is 0. The van der Waals surface area contributed by atoms with E-state index in [1.165, 1.54) is 0 Å². The first-order chi connectivity index (χ1) is 14.2. The molecule has 2 heterocycles. The van der Waals surface area contributed by atoms with Gasteiger partial charge in [0.25, 0.3) is 0 Å². The lowest BCUT2D eigenvalue weighted by Gasteiger charge is -2.30. The molecule has 2 aliphatic rings. The summed E-state index contributed by atoms with van der Waals surface area (Å²) < 4.78 is 40.7. The Labute approximate surface area is 180 Å². The molecular formula is C25H32O4S. The van der Waals surface area contributed by atoms with Crippen molar-refractivity contribution in [3.63, 3.8) is 0 Å². The van der Waals surface area contributed by atoms with Crippen LogP contribution in [0.4, 0.5) is 0 Å². The van der Waals surface area contributed by atoms with Crippen molar-refractivity contribution < 1.29 is 17.9 Å². The highest BCUT2D eigenvalue weighted by Gasteiger charge is 2.56. The van der Waals surface area contributed by atoms with Gasteiger partial charge in [-0.25, -0.2) is 8.42 Å². The molecule has 162 valence electrons.